The first-order valence-corrected chi connectivity index (χ1v) is 6.67. The number of sulfone groups is 1. The molecule has 0 fully saturated rings. The number of anilines is 1. The van der Waals surface area contributed by atoms with E-state index < -0.39 is 9.84 Å². The van der Waals surface area contributed by atoms with Crippen LogP contribution in [0.1, 0.15) is 23.5 Å². The Morgan fingerprint density at radius 2 is 2.13 bits per heavy atom. The van der Waals surface area contributed by atoms with Gasteiger partial charge in [-0.15, -0.1) is 11.3 Å². The molecular weight excluding hydrogens is 234 g/mol. The molecule has 0 amide bonds. The van der Waals surface area contributed by atoms with Crippen molar-refractivity contribution in [2.75, 3.05) is 5.32 Å². The van der Waals surface area contributed by atoms with E-state index >= 15 is 0 Å². The fourth-order valence-corrected chi connectivity index (χ4v) is 4.07. The average molecular weight is 243 g/mol. The molecule has 0 atom stereocenters. The van der Waals surface area contributed by atoms with Gasteiger partial charge in [-0.25, -0.2) is 8.42 Å². The standard InChI is InChI=1S/C9H9NO3S2/c1-5-4-15(12,13)7-3-14-9(6(2)11)8(7)10-5/h3-4,10H,1-2H3. The maximum absolute atomic E-state index is 11.7. The third-order valence-corrected chi connectivity index (χ3v) is 4.87. The molecule has 0 unspecified atom stereocenters. The molecule has 15 heavy (non-hydrogen) atoms. The maximum Gasteiger partial charge on any atom is 0.204 e. The van der Waals surface area contributed by atoms with E-state index in [9.17, 15) is 13.2 Å². The summed E-state index contributed by atoms with van der Waals surface area (Å²) in [7, 11) is -3.37. The van der Waals surface area contributed by atoms with E-state index in [0.29, 0.717) is 16.3 Å². The third-order valence-electron chi connectivity index (χ3n) is 2.04. The average Bonchev–Trinajstić information content (AvgIpc) is 2.45. The number of hydrogen-bond acceptors (Lipinski definition) is 5. The molecule has 1 aromatic rings. The first kappa shape index (κ1) is 10.4. The topological polar surface area (TPSA) is 63.2 Å². The molecular formula is C9H9NO3S2. The Morgan fingerprint density at radius 3 is 2.73 bits per heavy atom. The minimum Gasteiger partial charge on any atom is -0.356 e. The second-order valence-electron chi connectivity index (χ2n) is 3.33. The molecule has 0 spiro atoms. The molecule has 6 heteroatoms. The number of allylic oxidation sites excluding steroid dienone is 1. The quantitative estimate of drug-likeness (QED) is 0.766. The highest BCUT2D eigenvalue weighted by Gasteiger charge is 2.27. The number of ketones is 1. The van der Waals surface area contributed by atoms with E-state index in [1.54, 1.807) is 6.92 Å². The molecule has 1 aliphatic heterocycles. The van der Waals surface area contributed by atoms with Gasteiger partial charge in [-0.3, -0.25) is 4.79 Å². The summed E-state index contributed by atoms with van der Waals surface area (Å²) in [5, 5.41) is 5.59. The minimum absolute atomic E-state index is 0.126. The second kappa shape index (κ2) is 3.18. The molecule has 0 saturated heterocycles. The van der Waals surface area contributed by atoms with Crippen LogP contribution in [-0.4, -0.2) is 14.2 Å². The summed E-state index contributed by atoms with van der Waals surface area (Å²) in [6.07, 6.45) is 0. The highest BCUT2D eigenvalue weighted by molar-refractivity contribution is 7.94. The van der Waals surface area contributed by atoms with Crippen LogP contribution in [-0.2, 0) is 9.84 Å². The summed E-state index contributed by atoms with van der Waals surface area (Å²) in [6.45, 7) is 3.08. The lowest BCUT2D eigenvalue weighted by atomic mass is 10.3. The van der Waals surface area contributed by atoms with Gasteiger partial charge in [0.15, 0.2) is 5.78 Å². The van der Waals surface area contributed by atoms with E-state index in [2.05, 4.69) is 5.32 Å². The molecule has 80 valence electrons. The number of carbonyl (C=O) groups is 1. The van der Waals surface area contributed by atoms with E-state index in [1.165, 1.54) is 17.7 Å². The van der Waals surface area contributed by atoms with Gasteiger partial charge < -0.3 is 5.32 Å². The monoisotopic (exact) mass is 243 g/mol. The van der Waals surface area contributed by atoms with Crippen molar-refractivity contribution in [1.82, 2.24) is 0 Å². The van der Waals surface area contributed by atoms with E-state index in [0.717, 1.165) is 11.3 Å². The van der Waals surface area contributed by atoms with Gasteiger partial charge in [-0.2, -0.15) is 0 Å². The molecule has 0 saturated carbocycles. The molecule has 1 N–H and O–H groups in total. The van der Waals surface area contributed by atoms with E-state index in [4.69, 9.17) is 0 Å². The smallest absolute Gasteiger partial charge is 0.204 e. The zero-order valence-electron chi connectivity index (χ0n) is 8.20. The van der Waals surface area contributed by atoms with Crippen molar-refractivity contribution >= 4 is 32.6 Å². The number of carbonyl (C=O) groups excluding carboxylic acids is 1. The van der Waals surface area contributed by atoms with Gasteiger partial charge in [0.2, 0.25) is 9.84 Å². The second-order valence-corrected chi connectivity index (χ2v) is 5.98. The van der Waals surface area contributed by atoms with Crippen LogP contribution in [0.25, 0.3) is 0 Å². The molecule has 0 aromatic carbocycles. The van der Waals surface area contributed by atoms with Crippen LogP contribution in [0.2, 0.25) is 0 Å². The molecule has 4 nitrogen and oxygen atoms in total. The Bertz CT molecular complexity index is 566. The Morgan fingerprint density at radius 1 is 1.47 bits per heavy atom. The Labute approximate surface area is 91.5 Å². The molecule has 2 rings (SSSR count). The summed E-state index contributed by atoms with van der Waals surface area (Å²) >= 11 is 1.15. The summed E-state index contributed by atoms with van der Waals surface area (Å²) in [6, 6.07) is 0. The maximum atomic E-state index is 11.7. The van der Waals surface area contributed by atoms with E-state index in [1.807, 2.05) is 0 Å². The van der Waals surface area contributed by atoms with Crippen LogP contribution in [0.5, 0.6) is 0 Å². The van der Waals surface area contributed by atoms with Crippen molar-refractivity contribution in [2.45, 2.75) is 18.7 Å². The van der Waals surface area contributed by atoms with Crippen molar-refractivity contribution in [2.24, 2.45) is 0 Å². The predicted molar refractivity (Wildman–Crippen MR) is 58.9 cm³/mol. The zero-order valence-corrected chi connectivity index (χ0v) is 9.83. The highest BCUT2D eigenvalue weighted by Crippen LogP contribution is 2.37. The van der Waals surface area contributed by atoms with Gasteiger partial charge in [0.05, 0.1) is 16.0 Å². The van der Waals surface area contributed by atoms with Crippen LogP contribution in [0.3, 0.4) is 0 Å². The minimum atomic E-state index is -3.37. The number of hydrogen-bond donors (Lipinski definition) is 1. The Hall–Kier alpha value is -1.14. The normalized spacial score (nSPS) is 17.6. The lowest BCUT2D eigenvalue weighted by Gasteiger charge is -2.14. The Kier molecular flexibility index (Phi) is 2.20. The molecule has 0 aliphatic carbocycles. The number of fused-ring (bicyclic) bond motifs is 1. The fraction of sp³-hybridized carbons (Fsp3) is 0.222. The van der Waals surface area contributed by atoms with Crippen molar-refractivity contribution in [3.8, 4) is 0 Å². The van der Waals surface area contributed by atoms with Gasteiger partial charge >= 0.3 is 0 Å². The summed E-state index contributed by atoms with van der Waals surface area (Å²) in [5.74, 6) is -0.126. The third kappa shape index (κ3) is 1.59. The van der Waals surface area contributed by atoms with Gasteiger partial charge in [0.1, 0.15) is 4.90 Å². The van der Waals surface area contributed by atoms with Crippen LogP contribution in [0.4, 0.5) is 5.69 Å². The summed E-state index contributed by atoms with van der Waals surface area (Å²) in [5.41, 5.74) is 0.955. The van der Waals surface area contributed by atoms with Gasteiger partial charge in [0.25, 0.3) is 0 Å². The fourth-order valence-electron chi connectivity index (χ4n) is 1.45. The van der Waals surface area contributed by atoms with Crippen LogP contribution in [0, 0.1) is 0 Å². The lowest BCUT2D eigenvalue weighted by Crippen LogP contribution is -2.11. The number of rotatable bonds is 1. The highest BCUT2D eigenvalue weighted by atomic mass is 32.2. The van der Waals surface area contributed by atoms with Gasteiger partial charge in [-0.1, -0.05) is 0 Å². The molecule has 0 radical (unpaired) electrons. The number of nitrogens with one attached hydrogen (secondary N) is 1. The molecule has 0 bridgehead atoms. The van der Waals surface area contributed by atoms with Gasteiger partial charge in [-0.05, 0) is 6.92 Å². The van der Waals surface area contributed by atoms with Crippen molar-refractivity contribution in [3.05, 3.63) is 21.4 Å². The molecule has 1 aromatic heterocycles. The Balaban J connectivity index is 2.71. The number of thiophene rings is 1. The molecule has 1 aliphatic rings. The van der Waals surface area contributed by atoms with E-state index in [-0.39, 0.29) is 10.7 Å². The number of Topliss-reactive ketones (excluding diaryl/α,β-unsaturated/α-hetero) is 1. The lowest BCUT2D eigenvalue weighted by molar-refractivity contribution is 0.102. The summed E-state index contributed by atoms with van der Waals surface area (Å²) in [4.78, 5) is 11.9. The van der Waals surface area contributed by atoms with Crippen LogP contribution >= 0.6 is 11.3 Å². The first-order valence-electron chi connectivity index (χ1n) is 4.24. The van der Waals surface area contributed by atoms with Crippen molar-refractivity contribution < 1.29 is 13.2 Å². The van der Waals surface area contributed by atoms with Crippen molar-refractivity contribution in [1.29, 1.82) is 0 Å². The largest absolute Gasteiger partial charge is 0.356 e. The van der Waals surface area contributed by atoms with Crippen LogP contribution < -0.4 is 5.32 Å². The van der Waals surface area contributed by atoms with Crippen molar-refractivity contribution in [3.63, 3.8) is 0 Å². The predicted octanol–water partition coefficient (Wildman–Crippen LogP) is 2.01. The van der Waals surface area contributed by atoms with Gasteiger partial charge in [0, 0.05) is 18.0 Å². The SMILES string of the molecule is CC(=O)c1scc2c1NC(C)=CS2(=O)=O. The molecule has 2 heterocycles. The first-order chi connectivity index (χ1) is 6.92. The zero-order chi connectivity index (χ0) is 11.2. The van der Waals surface area contributed by atoms with Crippen LogP contribution in [0.15, 0.2) is 21.4 Å². The summed E-state index contributed by atoms with van der Waals surface area (Å²) < 4.78 is 23.4.